The van der Waals surface area contributed by atoms with Gasteiger partial charge >= 0.3 is 5.63 Å². The van der Waals surface area contributed by atoms with E-state index in [-0.39, 0.29) is 5.69 Å². The van der Waals surface area contributed by atoms with Gasteiger partial charge in [0.1, 0.15) is 11.1 Å². The second-order valence-electron chi connectivity index (χ2n) is 2.82. The van der Waals surface area contributed by atoms with Crippen LogP contribution < -0.4 is 22.0 Å². The summed E-state index contributed by atoms with van der Waals surface area (Å²) in [5, 5.41) is 0.824. The van der Waals surface area contributed by atoms with Crippen molar-refractivity contribution in [1.82, 2.24) is 0 Å². The van der Waals surface area contributed by atoms with Crippen LogP contribution in [-0.2, 0) is 0 Å². The molecule has 0 saturated heterocycles. The highest BCUT2D eigenvalue weighted by Gasteiger charge is 1.95. The van der Waals surface area contributed by atoms with E-state index in [1.807, 2.05) is 13.0 Å². The molecule has 0 amide bonds. The van der Waals surface area contributed by atoms with Gasteiger partial charge in [0.2, 0.25) is 0 Å². The number of hydrogen-bond acceptors (Lipinski definition) is 3. The highest BCUT2D eigenvalue weighted by molar-refractivity contribution is 5.40. The lowest BCUT2D eigenvalue weighted by Crippen LogP contribution is -2.30. The molecule has 0 aliphatic rings. The summed E-state index contributed by atoms with van der Waals surface area (Å²) in [5.41, 5.74) is 5.57. The van der Waals surface area contributed by atoms with E-state index < -0.39 is 5.63 Å². The van der Waals surface area contributed by atoms with E-state index in [9.17, 15) is 4.79 Å². The largest absolute Gasteiger partial charge is 0.421 e. The second kappa shape index (κ2) is 4.46. The van der Waals surface area contributed by atoms with Crippen molar-refractivity contribution in [2.75, 3.05) is 5.73 Å². The number of rotatable bonds is 2. The predicted octanol–water partition coefficient (Wildman–Crippen LogP) is 0.379. The Morgan fingerprint density at radius 2 is 2.36 bits per heavy atom. The topological polar surface area (TPSA) is 56.2 Å². The molecular formula is C11H13NO2. The molecule has 0 bridgehead atoms. The second-order valence-corrected chi connectivity index (χ2v) is 2.82. The van der Waals surface area contributed by atoms with Crippen LogP contribution in [-0.4, -0.2) is 0 Å². The number of hydrogen-bond donors (Lipinski definition) is 1. The molecule has 0 aromatic carbocycles. The molecule has 0 radical (unpaired) electrons. The van der Waals surface area contributed by atoms with E-state index in [1.165, 1.54) is 0 Å². The zero-order valence-electron chi connectivity index (χ0n) is 8.12. The third-order valence-electron chi connectivity index (χ3n) is 1.73. The number of nitrogen functional groups attached to an aromatic ring is 1. The number of anilines is 1. The molecule has 1 rings (SSSR count). The van der Waals surface area contributed by atoms with Gasteiger partial charge in [0.15, 0.2) is 0 Å². The Morgan fingerprint density at radius 3 is 2.93 bits per heavy atom. The predicted molar refractivity (Wildman–Crippen MR) is 58.1 cm³/mol. The van der Waals surface area contributed by atoms with Crippen molar-refractivity contribution in [3.63, 3.8) is 0 Å². The minimum absolute atomic E-state index is 0.130. The van der Waals surface area contributed by atoms with Crippen LogP contribution in [0.15, 0.2) is 27.9 Å². The zero-order chi connectivity index (χ0) is 10.6. The maximum atomic E-state index is 11.1. The first kappa shape index (κ1) is 10.3. The van der Waals surface area contributed by atoms with Crippen LogP contribution in [0.4, 0.5) is 5.69 Å². The minimum atomic E-state index is -0.508. The van der Waals surface area contributed by atoms with Gasteiger partial charge in [0.05, 0.1) is 0 Å². The Balaban J connectivity index is 3.64. The van der Waals surface area contributed by atoms with Crippen molar-refractivity contribution < 1.29 is 4.42 Å². The Kier molecular flexibility index (Phi) is 3.29. The van der Waals surface area contributed by atoms with Crippen molar-refractivity contribution in [2.45, 2.75) is 13.3 Å². The molecule has 74 valence electrons. The summed E-state index contributed by atoms with van der Waals surface area (Å²) in [6.07, 6.45) is 6.00. The molecule has 2 N–H and O–H groups in total. The first-order valence-electron chi connectivity index (χ1n) is 4.41. The monoisotopic (exact) mass is 191 g/mol. The summed E-state index contributed by atoms with van der Waals surface area (Å²) in [6.45, 7) is 5.55. The molecule has 0 atom stereocenters. The first-order chi connectivity index (χ1) is 6.69. The molecule has 0 spiro atoms. The molecule has 0 fully saturated rings. The van der Waals surface area contributed by atoms with Crippen molar-refractivity contribution in [3.05, 3.63) is 39.8 Å². The summed E-state index contributed by atoms with van der Waals surface area (Å²) in [4.78, 5) is 11.1. The van der Waals surface area contributed by atoms with Crippen LogP contribution in [0.2, 0.25) is 0 Å². The van der Waals surface area contributed by atoms with Crippen LogP contribution in [0.5, 0.6) is 0 Å². The fraction of sp³-hybridized carbons (Fsp3) is 0.182. The first-order valence-corrected chi connectivity index (χ1v) is 4.41. The van der Waals surface area contributed by atoms with Gasteiger partial charge in [0, 0.05) is 5.22 Å². The van der Waals surface area contributed by atoms with Crippen LogP contribution >= 0.6 is 0 Å². The van der Waals surface area contributed by atoms with Gasteiger partial charge in [-0.3, -0.25) is 0 Å². The lowest BCUT2D eigenvalue weighted by atomic mass is 10.3. The van der Waals surface area contributed by atoms with Gasteiger partial charge in [-0.15, -0.1) is 0 Å². The SMILES string of the molecule is C=C/C=c1/oc(=O)c(N)c/c1=C/CC. The Hall–Kier alpha value is -1.77. The van der Waals surface area contributed by atoms with Gasteiger partial charge in [-0.2, -0.15) is 0 Å². The van der Waals surface area contributed by atoms with Crippen molar-refractivity contribution in [1.29, 1.82) is 0 Å². The quantitative estimate of drug-likeness (QED) is 0.735. The summed E-state index contributed by atoms with van der Waals surface area (Å²) in [6, 6.07) is 1.62. The van der Waals surface area contributed by atoms with Gasteiger partial charge in [-0.1, -0.05) is 25.7 Å². The highest BCUT2D eigenvalue weighted by Crippen LogP contribution is 1.83. The Bertz CT molecular complexity index is 497. The van der Waals surface area contributed by atoms with E-state index >= 15 is 0 Å². The molecule has 0 unspecified atom stereocenters. The maximum Gasteiger partial charge on any atom is 0.359 e. The van der Waals surface area contributed by atoms with E-state index in [2.05, 4.69) is 6.58 Å². The van der Waals surface area contributed by atoms with Crippen LogP contribution in [0.1, 0.15) is 13.3 Å². The molecule has 1 aromatic rings. The van der Waals surface area contributed by atoms with E-state index in [0.29, 0.717) is 5.42 Å². The molecule has 3 nitrogen and oxygen atoms in total. The number of allylic oxidation sites excluding steroid dienone is 1. The average Bonchev–Trinajstić information content (AvgIpc) is 2.14. The van der Waals surface area contributed by atoms with Crippen molar-refractivity contribution in [3.8, 4) is 0 Å². The van der Waals surface area contributed by atoms with Gasteiger partial charge in [-0.05, 0) is 18.6 Å². The third-order valence-corrected chi connectivity index (χ3v) is 1.73. The van der Waals surface area contributed by atoms with Crippen molar-refractivity contribution >= 4 is 17.8 Å². The minimum Gasteiger partial charge on any atom is -0.421 e. The molecule has 14 heavy (non-hydrogen) atoms. The van der Waals surface area contributed by atoms with Gasteiger partial charge in [0.25, 0.3) is 0 Å². The van der Waals surface area contributed by atoms with Crippen LogP contribution in [0.3, 0.4) is 0 Å². The van der Waals surface area contributed by atoms with Crippen LogP contribution in [0.25, 0.3) is 12.2 Å². The fourth-order valence-electron chi connectivity index (χ4n) is 1.13. The molecule has 1 heterocycles. The summed E-state index contributed by atoms with van der Waals surface area (Å²) < 4.78 is 4.99. The van der Waals surface area contributed by atoms with E-state index in [1.54, 1.807) is 18.2 Å². The maximum absolute atomic E-state index is 11.1. The zero-order valence-corrected chi connectivity index (χ0v) is 8.12. The lowest BCUT2D eigenvalue weighted by molar-refractivity contribution is 0.477. The lowest BCUT2D eigenvalue weighted by Gasteiger charge is -1.92. The van der Waals surface area contributed by atoms with E-state index in [0.717, 1.165) is 11.6 Å². The average molecular weight is 191 g/mol. The standard InChI is InChI=1S/C11H13NO2/c1-3-5-8-7-9(12)11(13)14-10(8)6-4-2/h4-7H,2-3,12H2,1H3/b8-5-,10-6+. The molecule has 0 saturated carbocycles. The highest BCUT2D eigenvalue weighted by atomic mass is 16.4. The van der Waals surface area contributed by atoms with Crippen LogP contribution in [0, 0.1) is 0 Å². The Morgan fingerprint density at radius 1 is 1.64 bits per heavy atom. The Labute approximate surface area is 81.9 Å². The normalized spacial score (nSPS) is 13.2. The molecular weight excluding hydrogens is 178 g/mol. The summed E-state index contributed by atoms with van der Waals surface area (Å²) in [7, 11) is 0. The summed E-state index contributed by atoms with van der Waals surface area (Å²) in [5.74, 6) is 0. The van der Waals surface area contributed by atoms with Gasteiger partial charge in [-0.25, -0.2) is 4.79 Å². The van der Waals surface area contributed by atoms with E-state index in [4.69, 9.17) is 10.2 Å². The smallest absolute Gasteiger partial charge is 0.359 e. The molecule has 0 aliphatic carbocycles. The fourth-order valence-corrected chi connectivity index (χ4v) is 1.13. The van der Waals surface area contributed by atoms with Crippen molar-refractivity contribution in [2.24, 2.45) is 0 Å². The number of nitrogens with two attached hydrogens (primary N) is 1. The molecule has 3 heteroatoms. The molecule has 1 aromatic heterocycles. The third kappa shape index (κ3) is 2.13. The summed E-state index contributed by atoms with van der Waals surface area (Å²) >= 11 is 0. The molecule has 0 aliphatic heterocycles. The van der Waals surface area contributed by atoms with Gasteiger partial charge < -0.3 is 10.2 Å².